The van der Waals surface area contributed by atoms with Gasteiger partial charge in [-0.3, -0.25) is 0 Å². The molecule has 20 heavy (non-hydrogen) atoms. The van der Waals surface area contributed by atoms with E-state index in [4.69, 9.17) is 4.98 Å². The average molecular weight is 277 g/mol. The van der Waals surface area contributed by atoms with Crippen LogP contribution in [-0.2, 0) is 6.42 Å². The molecule has 1 aliphatic rings. The number of nitrogens with one attached hydrogen (secondary N) is 2. The summed E-state index contributed by atoms with van der Waals surface area (Å²) in [6, 6.07) is 0.498. The summed E-state index contributed by atoms with van der Waals surface area (Å²) >= 11 is 0. The van der Waals surface area contributed by atoms with Crippen LogP contribution in [0.3, 0.4) is 0 Å². The molecule has 0 amide bonds. The Bertz CT molecular complexity index is 446. The van der Waals surface area contributed by atoms with Crippen molar-refractivity contribution >= 4 is 11.6 Å². The van der Waals surface area contributed by atoms with Crippen LogP contribution >= 0.6 is 0 Å². The number of hydrogen-bond acceptors (Lipinski definition) is 5. The molecule has 5 heteroatoms. The van der Waals surface area contributed by atoms with Gasteiger partial charge in [-0.05, 0) is 40.3 Å². The molecule has 0 bridgehead atoms. The number of aryl methyl sites for hydroxylation is 1. The Hall–Kier alpha value is -1.36. The van der Waals surface area contributed by atoms with Crippen LogP contribution in [0.4, 0.5) is 11.6 Å². The second kappa shape index (κ2) is 6.88. The third-order valence-electron chi connectivity index (χ3n) is 3.74. The van der Waals surface area contributed by atoms with Crippen molar-refractivity contribution in [2.45, 2.75) is 46.1 Å². The van der Waals surface area contributed by atoms with Crippen LogP contribution in [0.2, 0.25) is 0 Å². The quantitative estimate of drug-likeness (QED) is 0.835. The Morgan fingerprint density at radius 1 is 1.25 bits per heavy atom. The van der Waals surface area contributed by atoms with E-state index in [9.17, 15) is 0 Å². The molecule has 2 heterocycles. The van der Waals surface area contributed by atoms with Crippen molar-refractivity contribution in [1.82, 2.24) is 14.9 Å². The second-order valence-corrected chi connectivity index (χ2v) is 5.63. The van der Waals surface area contributed by atoms with Gasteiger partial charge in [-0.2, -0.15) is 0 Å². The maximum Gasteiger partial charge on any atom is 0.135 e. The fourth-order valence-electron chi connectivity index (χ4n) is 2.62. The van der Waals surface area contributed by atoms with Crippen molar-refractivity contribution in [2.75, 3.05) is 37.3 Å². The molecule has 2 rings (SSSR count). The Kier molecular flexibility index (Phi) is 5.17. The molecule has 5 nitrogen and oxygen atoms in total. The lowest BCUT2D eigenvalue weighted by molar-refractivity contribution is 0.414. The number of aromatic nitrogens is 2. The first-order valence-electron chi connectivity index (χ1n) is 7.70. The molecule has 112 valence electrons. The van der Waals surface area contributed by atoms with Gasteiger partial charge in [0.25, 0.3) is 0 Å². The minimum absolute atomic E-state index is 0.498. The first kappa shape index (κ1) is 15.0. The summed E-state index contributed by atoms with van der Waals surface area (Å²) in [6.07, 6.45) is 3.18. The van der Waals surface area contributed by atoms with Gasteiger partial charge in [-0.1, -0.05) is 6.92 Å². The molecular formula is C15H27N5. The Morgan fingerprint density at radius 3 is 2.60 bits per heavy atom. The maximum absolute atomic E-state index is 4.71. The van der Waals surface area contributed by atoms with E-state index in [0.29, 0.717) is 6.04 Å². The molecule has 1 atom stereocenters. The van der Waals surface area contributed by atoms with Crippen LogP contribution in [0, 0.1) is 6.92 Å². The Morgan fingerprint density at radius 2 is 2.00 bits per heavy atom. The normalized spacial score (nSPS) is 19.3. The van der Waals surface area contributed by atoms with E-state index >= 15 is 0 Å². The average Bonchev–Trinajstić information content (AvgIpc) is 2.81. The summed E-state index contributed by atoms with van der Waals surface area (Å²) in [4.78, 5) is 11.7. The summed E-state index contributed by atoms with van der Waals surface area (Å²) in [5, 5.41) is 6.95. The maximum atomic E-state index is 4.71. The zero-order chi connectivity index (χ0) is 14.5. The summed E-state index contributed by atoms with van der Waals surface area (Å²) in [7, 11) is 2.17. The third-order valence-corrected chi connectivity index (χ3v) is 3.74. The largest absolute Gasteiger partial charge is 0.370 e. The fraction of sp³-hybridized carbons (Fsp3) is 0.733. The van der Waals surface area contributed by atoms with Gasteiger partial charge in [0.1, 0.15) is 17.5 Å². The molecule has 0 aliphatic carbocycles. The van der Waals surface area contributed by atoms with Crippen molar-refractivity contribution < 1.29 is 0 Å². The molecule has 1 saturated heterocycles. The van der Waals surface area contributed by atoms with Gasteiger partial charge in [-0.25, -0.2) is 9.97 Å². The first-order chi connectivity index (χ1) is 9.63. The van der Waals surface area contributed by atoms with E-state index in [1.165, 1.54) is 6.42 Å². The van der Waals surface area contributed by atoms with Crippen molar-refractivity contribution in [3.05, 3.63) is 11.4 Å². The molecule has 0 saturated carbocycles. The molecule has 1 fully saturated rings. The Balaban J connectivity index is 2.20. The molecule has 1 unspecified atom stereocenters. The molecule has 1 aliphatic heterocycles. The smallest absolute Gasteiger partial charge is 0.135 e. The van der Waals surface area contributed by atoms with E-state index in [1.807, 2.05) is 0 Å². The third kappa shape index (κ3) is 3.60. The number of rotatable bonds is 6. The molecule has 0 spiro atoms. The van der Waals surface area contributed by atoms with Gasteiger partial charge in [0.2, 0.25) is 0 Å². The van der Waals surface area contributed by atoms with Crippen molar-refractivity contribution in [3.63, 3.8) is 0 Å². The Labute approximate surface area is 122 Å². The molecule has 0 aromatic carbocycles. The highest BCUT2D eigenvalue weighted by molar-refractivity contribution is 5.57. The van der Waals surface area contributed by atoms with Crippen LogP contribution in [0.1, 0.15) is 38.1 Å². The van der Waals surface area contributed by atoms with Gasteiger partial charge in [0.15, 0.2) is 0 Å². The molecule has 1 aromatic heterocycles. The number of likely N-dealkylation sites (N-methyl/N-ethyl adjacent to an activating group) is 1. The van der Waals surface area contributed by atoms with Crippen LogP contribution in [-0.4, -0.2) is 47.6 Å². The van der Waals surface area contributed by atoms with Crippen molar-refractivity contribution in [2.24, 2.45) is 0 Å². The van der Waals surface area contributed by atoms with E-state index < -0.39 is 0 Å². The topological polar surface area (TPSA) is 53.1 Å². The molecule has 1 aromatic rings. The highest BCUT2D eigenvalue weighted by Gasteiger charge is 2.21. The molecule has 0 radical (unpaired) electrons. The van der Waals surface area contributed by atoms with Crippen molar-refractivity contribution in [3.8, 4) is 0 Å². The highest BCUT2D eigenvalue weighted by atomic mass is 15.2. The summed E-state index contributed by atoms with van der Waals surface area (Å²) in [6.45, 7) is 9.48. The monoisotopic (exact) mass is 277 g/mol. The minimum Gasteiger partial charge on any atom is -0.370 e. The zero-order valence-corrected chi connectivity index (χ0v) is 13.2. The SMILES string of the molecule is CCCc1nc(NCC)c(C)c(NC2CCN(C)C2)n1. The number of likely N-dealkylation sites (tertiary alicyclic amines) is 1. The highest BCUT2D eigenvalue weighted by Crippen LogP contribution is 2.23. The first-order valence-corrected chi connectivity index (χ1v) is 7.70. The van der Waals surface area contributed by atoms with Gasteiger partial charge < -0.3 is 15.5 Å². The van der Waals surface area contributed by atoms with Crippen LogP contribution in [0.25, 0.3) is 0 Å². The molecular weight excluding hydrogens is 250 g/mol. The fourth-order valence-corrected chi connectivity index (χ4v) is 2.62. The minimum atomic E-state index is 0.498. The summed E-state index contributed by atoms with van der Waals surface area (Å²) in [5.41, 5.74) is 1.13. The van der Waals surface area contributed by atoms with Crippen LogP contribution < -0.4 is 10.6 Å². The number of nitrogens with zero attached hydrogens (tertiary/aromatic N) is 3. The molecule has 2 N–H and O–H groups in total. The lowest BCUT2D eigenvalue weighted by Crippen LogP contribution is -2.25. The van der Waals surface area contributed by atoms with E-state index in [0.717, 1.165) is 55.5 Å². The number of hydrogen-bond donors (Lipinski definition) is 2. The van der Waals surface area contributed by atoms with Crippen LogP contribution in [0.15, 0.2) is 0 Å². The van der Waals surface area contributed by atoms with E-state index in [2.05, 4.69) is 48.3 Å². The van der Waals surface area contributed by atoms with E-state index in [-0.39, 0.29) is 0 Å². The lowest BCUT2D eigenvalue weighted by Gasteiger charge is -2.18. The van der Waals surface area contributed by atoms with Gasteiger partial charge >= 0.3 is 0 Å². The summed E-state index contributed by atoms with van der Waals surface area (Å²) in [5.74, 6) is 2.91. The van der Waals surface area contributed by atoms with Gasteiger partial charge in [-0.15, -0.1) is 0 Å². The van der Waals surface area contributed by atoms with Crippen molar-refractivity contribution in [1.29, 1.82) is 0 Å². The zero-order valence-electron chi connectivity index (χ0n) is 13.2. The predicted molar refractivity (Wildman–Crippen MR) is 84.5 cm³/mol. The predicted octanol–water partition coefficient (Wildman–Crippen LogP) is 2.29. The van der Waals surface area contributed by atoms with Gasteiger partial charge in [0, 0.05) is 31.1 Å². The lowest BCUT2D eigenvalue weighted by atomic mass is 10.2. The second-order valence-electron chi connectivity index (χ2n) is 5.63. The van der Waals surface area contributed by atoms with E-state index in [1.54, 1.807) is 0 Å². The standard InChI is InChI=1S/C15H27N5/c1-5-7-13-18-14(16-6-2)11(3)15(19-13)17-12-8-9-20(4)10-12/h12H,5-10H2,1-4H3,(H2,16,17,18,19). The van der Waals surface area contributed by atoms with Crippen LogP contribution in [0.5, 0.6) is 0 Å². The van der Waals surface area contributed by atoms with Gasteiger partial charge in [0.05, 0.1) is 0 Å². The number of anilines is 2. The summed E-state index contributed by atoms with van der Waals surface area (Å²) < 4.78 is 0.